The third-order valence-corrected chi connectivity index (χ3v) is 4.84. The molecule has 2 bridgehead atoms. The van der Waals surface area contributed by atoms with Gasteiger partial charge >= 0.3 is 17.9 Å². The van der Waals surface area contributed by atoms with Gasteiger partial charge in [0.25, 0.3) is 0 Å². The first kappa shape index (κ1) is 13.3. The van der Waals surface area contributed by atoms with E-state index in [4.69, 9.17) is 9.47 Å². The van der Waals surface area contributed by atoms with E-state index in [0.29, 0.717) is 6.42 Å². The van der Waals surface area contributed by atoms with Crippen LogP contribution in [0.4, 0.5) is 0 Å². The molecule has 1 heterocycles. The van der Waals surface area contributed by atoms with E-state index in [1.807, 2.05) is 26.8 Å². The highest BCUT2D eigenvalue weighted by Gasteiger charge is 2.69. The molecule has 5 nitrogen and oxygen atoms in total. The summed E-state index contributed by atoms with van der Waals surface area (Å²) in [5.74, 6) is -2.76. The number of cyclic esters (lactones) is 2. The van der Waals surface area contributed by atoms with Crippen LogP contribution in [0.5, 0.6) is 0 Å². The Morgan fingerprint density at radius 1 is 1.30 bits per heavy atom. The Morgan fingerprint density at radius 2 is 1.95 bits per heavy atom. The van der Waals surface area contributed by atoms with Crippen molar-refractivity contribution < 1.29 is 23.9 Å². The number of hydrogen-bond donors (Lipinski definition) is 0. The second-order valence-corrected chi connectivity index (χ2v) is 6.82. The molecule has 0 aromatic carbocycles. The summed E-state index contributed by atoms with van der Waals surface area (Å²) in [6, 6.07) is 0. The first-order chi connectivity index (χ1) is 9.18. The Bertz CT molecular complexity index is 559. The summed E-state index contributed by atoms with van der Waals surface area (Å²) in [5.41, 5.74) is -0.267. The zero-order chi connectivity index (χ0) is 14.9. The summed E-state index contributed by atoms with van der Waals surface area (Å²) in [5, 5.41) is 0. The van der Waals surface area contributed by atoms with Crippen molar-refractivity contribution in [3.05, 3.63) is 11.6 Å². The fraction of sp³-hybridized carbons (Fsp3) is 0.667. The van der Waals surface area contributed by atoms with Crippen LogP contribution >= 0.6 is 0 Å². The van der Waals surface area contributed by atoms with Gasteiger partial charge in [0.2, 0.25) is 0 Å². The zero-order valence-corrected chi connectivity index (χ0v) is 12.1. The molecule has 4 rings (SSSR count). The number of carbonyl (C=O) groups is 3. The van der Waals surface area contributed by atoms with E-state index in [1.54, 1.807) is 0 Å². The Hall–Kier alpha value is -1.65. The largest absolute Gasteiger partial charge is 0.454 e. The van der Waals surface area contributed by atoms with Crippen LogP contribution in [0.15, 0.2) is 11.6 Å². The van der Waals surface area contributed by atoms with E-state index in [1.165, 1.54) is 6.92 Å². The van der Waals surface area contributed by atoms with Crippen LogP contribution in [0, 0.1) is 23.2 Å². The molecule has 108 valence electrons. The molecular formula is C15H18O5. The lowest BCUT2D eigenvalue weighted by Gasteiger charge is -2.56. The van der Waals surface area contributed by atoms with Gasteiger partial charge in [-0.15, -0.1) is 0 Å². The van der Waals surface area contributed by atoms with Gasteiger partial charge in [0.1, 0.15) is 11.5 Å². The lowest BCUT2D eigenvalue weighted by molar-refractivity contribution is -0.180. The summed E-state index contributed by atoms with van der Waals surface area (Å²) in [6.45, 7) is 7.33. The number of ether oxygens (including phenoxy) is 2. The molecule has 5 heteroatoms. The number of hydrogen-bond acceptors (Lipinski definition) is 5. The van der Waals surface area contributed by atoms with Gasteiger partial charge in [0.05, 0.1) is 5.92 Å². The first-order valence-electron chi connectivity index (χ1n) is 6.82. The van der Waals surface area contributed by atoms with Crippen LogP contribution in [0.2, 0.25) is 0 Å². The molecule has 0 amide bonds. The van der Waals surface area contributed by atoms with Crippen LogP contribution < -0.4 is 0 Å². The maximum Gasteiger partial charge on any atom is 0.321 e. The number of allylic oxidation sites excluding steroid dienone is 1. The second-order valence-electron chi connectivity index (χ2n) is 6.82. The van der Waals surface area contributed by atoms with E-state index in [9.17, 15) is 14.4 Å². The quantitative estimate of drug-likeness (QED) is 0.414. The number of rotatable bonds is 1. The van der Waals surface area contributed by atoms with Gasteiger partial charge in [-0.3, -0.25) is 14.4 Å². The van der Waals surface area contributed by atoms with Crippen molar-refractivity contribution >= 4 is 17.9 Å². The highest BCUT2D eigenvalue weighted by atomic mass is 16.6. The summed E-state index contributed by atoms with van der Waals surface area (Å²) >= 11 is 0. The van der Waals surface area contributed by atoms with Gasteiger partial charge in [-0.25, -0.2) is 0 Å². The third kappa shape index (κ3) is 1.52. The SMILES string of the molecule is CC(=O)OC12C=C(C)C(C3C(=O)OC(=O)C31)C(C)(C)C2. The van der Waals surface area contributed by atoms with Crippen molar-refractivity contribution in [1.82, 2.24) is 0 Å². The molecule has 1 saturated heterocycles. The molecule has 4 atom stereocenters. The molecule has 0 radical (unpaired) electrons. The molecule has 20 heavy (non-hydrogen) atoms. The van der Waals surface area contributed by atoms with Crippen LogP contribution in [-0.2, 0) is 23.9 Å². The third-order valence-electron chi connectivity index (χ3n) is 4.84. The average Bonchev–Trinajstić information content (AvgIpc) is 2.51. The zero-order valence-electron chi connectivity index (χ0n) is 12.1. The van der Waals surface area contributed by atoms with Gasteiger partial charge < -0.3 is 9.47 Å². The molecule has 0 aromatic heterocycles. The van der Waals surface area contributed by atoms with Crippen LogP contribution in [0.3, 0.4) is 0 Å². The number of fused-ring (bicyclic) bond motifs is 1. The highest BCUT2D eigenvalue weighted by molar-refractivity contribution is 5.99. The Balaban J connectivity index is 2.19. The van der Waals surface area contributed by atoms with Gasteiger partial charge in [-0.1, -0.05) is 19.4 Å². The van der Waals surface area contributed by atoms with Gasteiger partial charge in [-0.2, -0.15) is 0 Å². The average molecular weight is 278 g/mol. The van der Waals surface area contributed by atoms with E-state index in [-0.39, 0.29) is 11.3 Å². The molecule has 1 aliphatic heterocycles. The van der Waals surface area contributed by atoms with Crippen molar-refractivity contribution in [3.63, 3.8) is 0 Å². The maximum absolute atomic E-state index is 12.1. The maximum atomic E-state index is 12.1. The number of carbonyl (C=O) groups excluding carboxylic acids is 3. The molecule has 0 N–H and O–H groups in total. The molecule has 4 aliphatic rings. The van der Waals surface area contributed by atoms with Crippen molar-refractivity contribution in [2.75, 3.05) is 0 Å². The van der Waals surface area contributed by atoms with Crippen LogP contribution in [0.25, 0.3) is 0 Å². The monoisotopic (exact) mass is 278 g/mol. The van der Waals surface area contributed by atoms with E-state index < -0.39 is 35.3 Å². The fourth-order valence-electron chi connectivity index (χ4n) is 4.68. The van der Waals surface area contributed by atoms with Gasteiger partial charge in [-0.05, 0) is 30.8 Å². The van der Waals surface area contributed by atoms with Gasteiger partial charge in [0, 0.05) is 6.92 Å². The molecule has 0 aromatic rings. The smallest absolute Gasteiger partial charge is 0.321 e. The highest BCUT2D eigenvalue weighted by Crippen LogP contribution is 2.62. The van der Waals surface area contributed by atoms with Crippen LogP contribution in [-0.4, -0.2) is 23.5 Å². The van der Waals surface area contributed by atoms with E-state index >= 15 is 0 Å². The minimum atomic E-state index is -1.04. The summed E-state index contributed by atoms with van der Waals surface area (Å²) in [4.78, 5) is 35.6. The minimum Gasteiger partial charge on any atom is -0.454 e. The summed E-state index contributed by atoms with van der Waals surface area (Å²) in [6.07, 6.45) is 2.39. The van der Waals surface area contributed by atoms with Gasteiger partial charge in [0.15, 0.2) is 0 Å². The summed E-state index contributed by atoms with van der Waals surface area (Å²) < 4.78 is 10.4. The van der Waals surface area contributed by atoms with E-state index in [2.05, 4.69) is 0 Å². The first-order valence-corrected chi connectivity index (χ1v) is 6.82. The predicted molar refractivity (Wildman–Crippen MR) is 68.2 cm³/mol. The predicted octanol–water partition coefficient (Wildman–Crippen LogP) is 1.61. The standard InChI is InChI=1S/C15H18O5/c1-7-5-15(20-8(2)16)6-14(3,4)10(7)9-11(15)13(18)19-12(9)17/h5,9-11H,6H2,1-4H3. The summed E-state index contributed by atoms with van der Waals surface area (Å²) in [7, 11) is 0. The fourth-order valence-corrected chi connectivity index (χ4v) is 4.68. The van der Waals surface area contributed by atoms with Crippen molar-refractivity contribution in [2.45, 2.75) is 39.7 Å². The Kier molecular flexibility index (Phi) is 2.48. The molecule has 0 spiro atoms. The lowest BCUT2D eigenvalue weighted by atomic mass is 9.49. The Labute approximate surface area is 117 Å². The molecule has 4 unspecified atom stereocenters. The molecule has 2 fully saturated rings. The normalized spacial score (nSPS) is 41.0. The van der Waals surface area contributed by atoms with Crippen LogP contribution in [0.1, 0.15) is 34.1 Å². The molecule has 1 saturated carbocycles. The van der Waals surface area contributed by atoms with Crippen molar-refractivity contribution in [1.29, 1.82) is 0 Å². The topological polar surface area (TPSA) is 69.7 Å². The van der Waals surface area contributed by atoms with Crippen molar-refractivity contribution in [2.24, 2.45) is 23.2 Å². The number of esters is 3. The lowest BCUT2D eigenvalue weighted by Crippen LogP contribution is -2.61. The Morgan fingerprint density at radius 3 is 2.50 bits per heavy atom. The molecular weight excluding hydrogens is 260 g/mol. The second kappa shape index (κ2) is 3.71. The molecule has 3 aliphatic carbocycles. The van der Waals surface area contributed by atoms with Crippen molar-refractivity contribution in [3.8, 4) is 0 Å². The van der Waals surface area contributed by atoms with E-state index in [0.717, 1.165) is 5.57 Å². The minimum absolute atomic E-state index is 0.0381.